The Hall–Kier alpha value is -3.36. The molecular formula is C27H26F2N4O3S. The van der Waals surface area contributed by atoms with Gasteiger partial charge in [0.2, 0.25) is 0 Å². The normalized spacial score (nSPS) is 20.6. The van der Waals surface area contributed by atoms with Gasteiger partial charge in [-0.3, -0.25) is 0 Å². The van der Waals surface area contributed by atoms with Crippen molar-refractivity contribution in [2.75, 3.05) is 13.2 Å². The number of aromatic nitrogens is 3. The molecule has 1 N–H and O–H groups in total. The summed E-state index contributed by atoms with van der Waals surface area (Å²) >= 11 is 1.52. The first-order valence-corrected chi connectivity index (χ1v) is 12.6. The summed E-state index contributed by atoms with van der Waals surface area (Å²) in [6, 6.07) is 12.0. The van der Waals surface area contributed by atoms with Gasteiger partial charge in [0, 0.05) is 10.8 Å². The molecule has 10 heteroatoms. The number of halogens is 2. The number of rotatable bonds is 9. The molecule has 4 rings (SSSR count). The van der Waals surface area contributed by atoms with Gasteiger partial charge in [0.05, 0.1) is 36.6 Å². The first-order valence-electron chi connectivity index (χ1n) is 11.6. The summed E-state index contributed by atoms with van der Waals surface area (Å²) in [6.45, 7) is 2.87. The van der Waals surface area contributed by atoms with E-state index in [0.29, 0.717) is 24.3 Å². The van der Waals surface area contributed by atoms with Gasteiger partial charge in [0.15, 0.2) is 6.29 Å². The van der Waals surface area contributed by atoms with E-state index in [4.69, 9.17) is 14.7 Å². The van der Waals surface area contributed by atoms with Crippen molar-refractivity contribution in [1.29, 1.82) is 5.26 Å². The summed E-state index contributed by atoms with van der Waals surface area (Å²) in [6.07, 6.45) is 9.09. The van der Waals surface area contributed by atoms with Crippen LogP contribution in [0.5, 0.6) is 0 Å². The largest absolute Gasteiger partial charge is 0.382 e. The molecule has 192 valence electrons. The summed E-state index contributed by atoms with van der Waals surface area (Å²) in [5.74, 6) is -0.843. The van der Waals surface area contributed by atoms with Crippen LogP contribution >= 0.6 is 11.8 Å². The van der Waals surface area contributed by atoms with Crippen molar-refractivity contribution in [2.24, 2.45) is 0 Å². The predicted octanol–water partition coefficient (Wildman–Crippen LogP) is 4.45. The number of nitriles is 1. The summed E-state index contributed by atoms with van der Waals surface area (Å²) in [4.78, 5) is 3.95. The molecule has 1 fully saturated rings. The molecule has 1 saturated heterocycles. The molecule has 1 aliphatic rings. The highest BCUT2D eigenvalue weighted by molar-refractivity contribution is 8.00. The number of ether oxygens (including phenoxy) is 2. The van der Waals surface area contributed by atoms with E-state index in [-0.39, 0.29) is 28.4 Å². The highest BCUT2D eigenvalue weighted by Crippen LogP contribution is 2.37. The van der Waals surface area contributed by atoms with Gasteiger partial charge >= 0.3 is 0 Å². The van der Waals surface area contributed by atoms with Gasteiger partial charge < -0.3 is 14.6 Å². The molecule has 0 unspecified atom stereocenters. The maximum atomic E-state index is 14.0. The summed E-state index contributed by atoms with van der Waals surface area (Å²) in [5, 5.41) is 24.3. The number of hydrogen-bond donors (Lipinski definition) is 1. The van der Waals surface area contributed by atoms with Crippen molar-refractivity contribution in [3.63, 3.8) is 0 Å². The number of benzene rings is 2. The zero-order chi connectivity index (χ0) is 26.3. The van der Waals surface area contributed by atoms with Crippen LogP contribution in [0.15, 0.2) is 73.3 Å². The van der Waals surface area contributed by atoms with Crippen LogP contribution in [0.4, 0.5) is 8.78 Å². The average molecular weight is 525 g/mol. The lowest BCUT2D eigenvalue weighted by Crippen LogP contribution is -2.43. The minimum atomic E-state index is -1.34. The molecule has 0 amide bonds. The quantitative estimate of drug-likeness (QED) is 0.414. The molecule has 0 bridgehead atoms. The van der Waals surface area contributed by atoms with Crippen molar-refractivity contribution < 1.29 is 23.4 Å². The van der Waals surface area contributed by atoms with Crippen molar-refractivity contribution in [3.8, 4) is 6.07 Å². The smallest absolute Gasteiger partial charge is 0.177 e. The third-order valence-electron chi connectivity index (χ3n) is 5.96. The lowest BCUT2D eigenvalue weighted by molar-refractivity contribution is -0.146. The van der Waals surface area contributed by atoms with Crippen LogP contribution in [0.1, 0.15) is 23.6 Å². The Labute approximate surface area is 218 Å². The number of hydrogen-bond acceptors (Lipinski definition) is 7. The number of aliphatic hydroxyl groups is 1. The third-order valence-corrected chi connectivity index (χ3v) is 7.42. The van der Waals surface area contributed by atoms with Crippen molar-refractivity contribution >= 4 is 17.8 Å². The molecule has 2 heterocycles. The average Bonchev–Trinajstić information content (AvgIpc) is 3.41. The Kier molecular flexibility index (Phi) is 8.84. The van der Waals surface area contributed by atoms with Gasteiger partial charge in [-0.15, -0.1) is 11.8 Å². The van der Waals surface area contributed by atoms with Crippen LogP contribution in [0.3, 0.4) is 0 Å². The molecule has 0 radical (unpaired) electrons. The van der Waals surface area contributed by atoms with E-state index in [9.17, 15) is 13.9 Å². The fourth-order valence-corrected chi connectivity index (χ4v) is 5.22. The highest BCUT2D eigenvalue weighted by Gasteiger charge is 2.39. The molecule has 2 aromatic carbocycles. The SMILES string of the molecule is C[C@@H](SC1COC(C=CC=Cc2ccc(C#N)cc2F)OC1)[C@](O)(Cn1cncn1)c1ccc(F)cc1. The van der Waals surface area contributed by atoms with Crippen LogP contribution in [-0.4, -0.2) is 49.9 Å². The molecule has 3 aromatic rings. The van der Waals surface area contributed by atoms with E-state index in [2.05, 4.69) is 10.1 Å². The zero-order valence-corrected chi connectivity index (χ0v) is 20.9. The second kappa shape index (κ2) is 12.3. The van der Waals surface area contributed by atoms with Gasteiger partial charge in [-0.25, -0.2) is 18.4 Å². The monoisotopic (exact) mass is 524 g/mol. The summed E-state index contributed by atoms with van der Waals surface area (Å²) < 4.78 is 40.6. The van der Waals surface area contributed by atoms with E-state index < -0.39 is 17.7 Å². The molecule has 1 aromatic heterocycles. The molecule has 7 nitrogen and oxygen atoms in total. The molecule has 2 atom stereocenters. The standard InChI is InChI=1S/C27H26F2N4O3S/c1-19(27(34,16-33-18-31-17-32-33)22-8-10-23(28)11-9-22)37-24-14-35-26(36-15-24)5-3-2-4-21-7-6-20(13-30)12-25(21)29/h2-12,17-19,24,26,34H,14-16H2,1H3/t19-,24?,26?,27-/m1/s1. The Morgan fingerprint density at radius 3 is 2.62 bits per heavy atom. The molecule has 0 spiro atoms. The maximum Gasteiger partial charge on any atom is 0.177 e. The third kappa shape index (κ3) is 6.90. The fraction of sp³-hybridized carbons (Fsp3) is 0.296. The summed E-state index contributed by atoms with van der Waals surface area (Å²) in [7, 11) is 0. The second-order valence-corrected chi connectivity index (χ2v) is 10.2. The molecule has 0 saturated carbocycles. The molecular weight excluding hydrogens is 498 g/mol. The minimum absolute atomic E-state index is 0.0364. The van der Waals surface area contributed by atoms with Crippen LogP contribution in [0.25, 0.3) is 6.08 Å². The second-order valence-electron chi connectivity index (χ2n) is 8.55. The Bertz CT molecular complexity index is 1270. The van der Waals surface area contributed by atoms with Crippen molar-refractivity contribution in [2.45, 2.75) is 35.9 Å². The van der Waals surface area contributed by atoms with Gasteiger partial charge in [-0.1, -0.05) is 43.4 Å². The van der Waals surface area contributed by atoms with E-state index in [1.807, 2.05) is 13.0 Å². The van der Waals surface area contributed by atoms with Crippen molar-refractivity contribution in [1.82, 2.24) is 14.8 Å². The van der Waals surface area contributed by atoms with E-state index in [1.165, 1.54) is 42.6 Å². The number of nitrogens with zero attached hydrogens (tertiary/aromatic N) is 4. The lowest BCUT2D eigenvalue weighted by Gasteiger charge is -2.37. The minimum Gasteiger partial charge on any atom is -0.382 e. The van der Waals surface area contributed by atoms with Gasteiger partial charge in [0.1, 0.15) is 29.9 Å². The van der Waals surface area contributed by atoms with Crippen LogP contribution < -0.4 is 0 Å². The first kappa shape index (κ1) is 26.7. The Morgan fingerprint density at radius 1 is 1.22 bits per heavy atom. The van der Waals surface area contributed by atoms with Crippen LogP contribution in [0.2, 0.25) is 0 Å². The van der Waals surface area contributed by atoms with E-state index >= 15 is 0 Å². The van der Waals surface area contributed by atoms with Gasteiger partial charge in [-0.2, -0.15) is 10.4 Å². The molecule has 1 aliphatic heterocycles. The predicted molar refractivity (Wildman–Crippen MR) is 136 cm³/mol. The van der Waals surface area contributed by atoms with E-state index in [1.54, 1.807) is 53.3 Å². The van der Waals surface area contributed by atoms with Crippen molar-refractivity contribution in [3.05, 3.63) is 102 Å². The maximum absolute atomic E-state index is 14.0. The topological polar surface area (TPSA) is 93.2 Å². The van der Waals surface area contributed by atoms with Gasteiger partial charge in [-0.05, 0) is 35.9 Å². The highest BCUT2D eigenvalue weighted by atomic mass is 32.2. The van der Waals surface area contributed by atoms with Gasteiger partial charge in [0.25, 0.3) is 0 Å². The number of thioether (sulfide) groups is 1. The fourth-order valence-electron chi connectivity index (χ4n) is 3.89. The van der Waals surface area contributed by atoms with Crippen LogP contribution in [-0.2, 0) is 21.6 Å². The Morgan fingerprint density at radius 2 is 1.97 bits per heavy atom. The Balaban J connectivity index is 1.33. The summed E-state index contributed by atoms with van der Waals surface area (Å²) in [5.41, 5.74) is -0.119. The number of allylic oxidation sites excluding steroid dienone is 2. The van der Waals surface area contributed by atoms with E-state index in [0.717, 1.165) is 0 Å². The molecule has 0 aliphatic carbocycles. The van der Waals surface area contributed by atoms with Crippen LogP contribution in [0, 0.1) is 23.0 Å². The first-order chi connectivity index (χ1) is 17.9. The zero-order valence-electron chi connectivity index (χ0n) is 20.1. The lowest BCUT2D eigenvalue weighted by atomic mass is 9.90. The molecule has 37 heavy (non-hydrogen) atoms.